The first-order valence-corrected chi connectivity index (χ1v) is 11.8. The van der Waals surface area contributed by atoms with Crippen molar-refractivity contribution in [1.82, 2.24) is 5.32 Å². The van der Waals surface area contributed by atoms with Gasteiger partial charge in [0.1, 0.15) is 17.1 Å². The third kappa shape index (κ3) is 4.40. The molecule has 0 spiro atoms. The molecule has 8 heteroatoms. The molecule has 2 aromatic carbocycles. The van der Waals surface area contributed by atoms with Gasteiger partial charge in [0.2, 0.25) is 0 Å². The molecule has 0 aliphatic carbocycles. The van der Waals surface area contributed by atoms with Crippen LogP contribution in [0.4, 0.5) is 20.6 Å². The molecule has 0 aromatic heterocycles. The number of halogens is 1. The Morgan fingerprint density at radius 2 is 1.91 bits per heavy atom. The van der Waals surface area contributed by atoms with Crippen LogP contribution in [0.3, 0.4) is 0 Å². The molecule has 0 bridgehead atoms. The van der Waals surface area contributed by atoms with Gasteiger partial charge in [-0.05, 0) is 75.9 Å². The van der Waals surface area contributed by atoms with Crippen LogP contribution in [0.5, 0.6) is 5.75 Å². The van der Waals surface area contributed by atoms with Gasteiger partial charge in [-0.3, -0.25) is 14.9 Å². The van der Waals surface area contributed by atoms with Gasteiger partial charge in [0.05, 0.1) is 12.3 Å². The van der Waals surface area contributed by atoms with Crippen molar-refractivity contribution >= 4 is 35.3 Å². The first-order chi connectivity index (χ1) is 16.6. The molecular weight excluding hydrogens is 449 g/mol. The zero-order valence-electron chi connectivity index (χ0n) is 20.6. The van der Waals surface area contributed by atoms with Crippen LogP contribution in [0.25, 0.3) is 6.08 Å². The van der Waals surface area contributed by atoms with Gasteiger partial charge in [-0.1, -0.05) is 13.0 Å². The second kappa shape index (κ2) is 9.17. The third-order valence-electron chi connectivity index (χ3n) is 6.61. The Morgan fingerprint density at radius 1 is 1.17 bits per heavy atom. The number of nitrogens with zero attached hydrogens (tertiary/aromatic N) is 2. The Hall–Kier alpha value is -3.68. The van der Waals surface area contributed by atoms with Gasteiger partial charge in [0.15, 0.2) is 0 Å². The molecule has 4 amide bonds. The Kier molecular flexibility index (Phi) is 6.40. The van der Waals surface area contributed by atoms with E-state index >= 15 is 4.39 Å². The number of benzene rings is 2. The minimum Gasteiger partial charge on any atom is -0.494 e. The van der Waals surface area contributed by atoms with E-state index in [0.717, 1.165) is 29.1 Å². The van der Waals surface area contributed by atoms with Gasteiger partial charge >= 0.3 is 6.03 Å². The van der Waals surface area contributed by atoms with Crippen LogP contribution in [-0.4, -0.2) is 36.5 Å². The molecule has 2 aliphatic heterocycles. The predicted molar refractivity (Wildman–Crippen MR) is 133 cm³/mol. The minimum absolute atomic E-state index is 0.121. The second-order valence-corrected chi connectivity index (χ2v) is 9.48. The highest BCUT2D eigenvalue weighted by atomic mass is 19.1. The molecule has 2 heterocycles. The molecule has 1 fully saturated rings. The van der Waals surface area contributed by atoms with Gasteiger partial charge < -0.3 is 9.64 Å². The molecular formula is C27H30FN3O4. The van der Waals surface area contributed by atoms with E-state index in [1.807, 2.05) is 13.8 Å². The molecule has 1 atom stereocenters. The van der Waals surface area contributed by atoms with Crippen LogP contribution in [0, 0.1) is 5.82 Å². The van der Waals surface area contributed by atoms with Crippen molar-refractivity contribution in [3.05, 3.63) is 58.9 Å². The lowest BCUT2D eigenvalue weighted by Crippen LogP contribution is -2.54. The molecule has 1 N–H and O–H groups in total. The van der Waals surface area contributed by atoms with Crippen molar-refractivity contribution < 1.29 is 23.5 Å². The molecule has 2 aliphatic rings. The van der Waals surface area contributed by atoms with E-state index in [9.17, 15) is 14.4 Å². The number of rotatable bonds is 5. The Balaban J connectivity index is 1.76. The molecule has 1 saturated heterocycles. The summed E-state index contributed by atoms with van der Waals surface area (Å²) in [7, 11) is 0. The predicted octanol–water partition coefficient (Wildman–Crippen LogP) is 5.00. The lowest BCUT2D eigenvalue weighted by molar-refractivity contribution is -0.122. The normalized spacial score (nSPS) is 20.7. The van der Waals surface area contributed by atoms with E-state index in [1.54, 1.807) is 24.3 Å². The number of nitrogens with one attached hydrogen (secondary N) is 1. The maximum atomic E-state index is 15.3. The number of amides is 4. The first kappa shape index (κ1) is 24.4. The second-order valence-electron chi connectivity index (χ2n) is 9.48. The first-order valence-electron chi connectivity index (χ1n) is 11.8. The molecule has 1 unspecified atom stereocenters. The Labute approximate surface area is 204 Å². The highest BCUT2D eigenvalue weighted by molar-refractivity contribution is 6.39. The molecule has 7 nitrogen and oxygen atoms in total. The van der Waals surface area contributed by atoms with Crippen LogP contribution in [0.1, 0.15) is 58.1 Å². The summed E-state index contributed by atoms with van der Waals surface area (Å²) in [6.07, 6.45) is 2.11. The van der Waals surface area contributed by atoms with Gasteiger partial charge in [-0.25, -0.2) is 14.1 Å². The topological polar surface area (TPSA) is 79.0 Å². The Bertz CT molecular complexity index is 1240. The average Bonchev–Trinajstić information content (AvgIpc) is 2.77. The van der Waals surface area contributed by atoms with E-state index in [4.69, 9.17) is 4.74 Å². The minimum atomic E-state index is -0.869. The average molecular weight is 480 g/mol. The summed E-state index contributed by atoms with van der Waals surface area (Å²) >= 11 is 0. The lowest BCUT2D eigenvalue weighted by atomic mass is 9.79. The summed E-state index contributed by atoms with van der Waals surface area (Å²) in [5.41, 5.74) is 1.71. The number of carbonyl (C=O) groups is 3. The fourth-order valence-corrected chi connectivity index (χ4v) is 5.16. The molecule has 0 radical (unpaired) electrons. The number of urea groups is 1. The molecule has 35 heavy (non-hydrogen) atoms. The highest BCUT2D eigenvalue weighted by Gasteiger charge is 2.38. The summed E-state index contributed by atoms with van der Waals surface area (Å²) in [5.74, 6) is -1.59. The number of barbiturate groups is 1. The van der Waals surface area contributed by atoms with Crippen molar-refractivity contribution in [2.45, 2.75) is 52.5 Å². The molecule has 4 rings (SSSR count). The fourth-order valence-electron chi connectivity index (χ4n) is 5.16. The number of hydrogen-bond acceptors (Lipinski definition) is 5. The third-order valence-corrected chi connectivity index (χ3v) is 6.61. The van der Waals surface area contributed by atoms with E-state index < -0.39 is 23.7 Å². The summed E-state index contributed by atoms with van der Waals surface area (Å²) in [6, 6.07) is 8.76. The molecule has 184 valence electrons. The van der Waals surface area contributed by atoms with Gasteiger partial charge in [-0.2, -0.15) is 0 Å². The van der Waals surface area contributed by atoms with Gasteiger partial charge in [-0.15, -0.1) is 0 Å². The zero-order chi connectivity index (χ0) is 25.5. The summed E-state index contributed by atoms with van der Waals surface area (Å²) in [4.78, 5) is 41.5. The highest BCUT2D eigenvalue weighted by Crippen LogP contribution is 2.44. The van der Waals surface area contributed by atoms with Crippen LogP contribution in [0.15, 0.2) is 42.0 Å². The van der Waals surface area contributed by atoms with Gasteiger partial charge in [0, 0.05) is 29.4 Å². The van der Waals surface area contributed by atoms with E-state index in [-0.39, 0.29) is 28.3 Å². The zero-order valence-corrected chi connectivity index (χ0v) is 20.6. The van der Waals surface area contributed by atoms with E-state index in [2.05, 4.69) is 31.0 Å². The van der Waals surface area contributed by atoms with Crippen LogP contribution in [-0.2, 0) is 9.59 Å². The Morgan fingerprint density at radius 3 is 2.60 bits per heavy atom. The summed E-state index contributed by atoms with van der Waals surface area (Å²) in [5, 5.41) is 2.19. The van der Waals surface area contributed by atoms with Crippen molar-refractivity contribution in [3.63, 3.8) is 0 Å². The molecule has 2 aromatic rings. The number of fused-ring (bicyclic) bond motifs is 1. The monoisotopic (exact) mass is 479 g/mol. The SMILES string of the molecule is CCOc1cccc(N2C(=O)NC(=O)/C(=C/c3cc4c(cc3F)N(CC)C(C)(C)CC4C)C2=O)c1. The largest absolute Gasteiger partial charge is 0.494 e. The van der Waals surface area contributed by atoms with Crippen LogP contribution >= 0.6 is 0 Å². The lowest BCUT2D eigenvalue weighted by Gasteiger charge is -2.47. The van der Waals surface area contributed by atoms with Crippen molar-refractivity contribution in [3.8, 4) is 5.75 Å². The maximum Gasteiger partial charge on any atom is 0.335 e. The number of anilines is 2. The summed E-state index contributed by atoms with van der Waals surface area (Å²) in [6.45, 7) is 11.4. The van der Waals surface area contributed by atoms with E-state index in [0.29, 0.717) is 12.4 Å². The molecule has 0 saturated carbocycles. The van der Waals surface area contributed by atoms with Gasteiger partial charge in [0.25, 0.3) is 11.8 Å². The van der Waals surface area contributed by atoms with Crippen molar-refractivity contribution in [2.24, 2.45) is 0 Å². The van der Waals surface area contributed by atoms with Crippen LogP contribution in [0.2, 0.25) is 0 Å². The number of ether oxygens (including phenoxy) is 1. The fraction of sp³-hybridized carbons (Fsp3) is 0.370. The van der Waals surface area contributed by atoms with E-state index in [1.165, 1.54) is 18.2 Å². The van der Waals surface area contributed by atoms with Crippen molar-refractivity contribution in [2.75, 3.05) is 23.0 Å². The summed E-state index contributed by atoms with van der Waals surface area (Å²) < 4.78 is 20.8. The maximum absolute atomic E-state index is 15.3. The number of carbonyl (C=O) groups excluding carboxylic acids is 3. The number of imide groups is 2. The standard InChI is InChI=1S/C27H30FN3O4/c1-6-30-23-14-22(28)17(11-20(23)16(3)15-27(30,4)5)12-21-24(32)29-26(34)31(25(21)33)18-9-8-10-19(13-18)35-7-2/h8-14,16H,6-7,15H2,1-5H3,(H,29,32,34)/b21-12-. The van der Waals surface area contributed by atoms with Crippen molar-refractivity contribution in [1.29, 1.82) is 0 Å². The quantitative estimate of drug-likeness (QED) is 0.482. The number of hydrogen-bond donors (Lipinski definition) is 1. The van der Waals surface area contributed by atoms with Crippen LogP contribution < -0.4 is 19.9 Å². The smallest absolute Gasteiger partial charge is 0.335 e.